The Kier molecular flexibility index (Phi) is 2.89. The topological polar surface area (TPSA) is 45.0 Å². The van der Waals surface area contributed by atoms with Gasteiger partial charge in [-0.2, -0.15) is 5.26 Å². The third kappa shape index (κ3) is 2.11. The number of fused-ring (bicyclic) bond motifs is 1. The van der Waals surface area contributed by atoms with Crippen LogP contribution in [0.25, 0.3) is 0 Å². The smallest absolute Gasteiger partial charge is 0.122 e. The van der Waals surface area contributed by atoms with Crippen LogP contribution in [-0.2, 0) is 6.42 Å². The van der Waals surface area contributed by atoms with E-state index >= 15 is 0 Å². The maximum absolute atomic E-state index is 8.80. The maximum Gasteiger partial charge on any atom is 0.122 e. The van der Waals surface area contributed by atoms with Crippen molar-refractivity contribution >= 4 is 0 Å². The first-order valence-electron chi connectivity index (χ1n) is 5.22. The molecule has 1 aliphatic rings. The molecule has 3 nitrogen and oxygen atoms in total. The average molecular weight is 202 g/mol. The predicted molar refractivity (Wildman–Crippen MR) is 57.8 cm³/mol. The van der Waals surface area contributed by atoms with Crippen LogP contribution in [0, 0.1) is 11.3 Å². The summed E-state index contributed by atoms with van der Waals surface area (Å²) in [5.74, 6) is 0.920. The highest BCUT2D eigenvalue weighted by Gasteiger charge is 2.18. The number of ether oxygens (including phenoxy) is 1. The second-order valence-electron chi connectivity index (χ2n) is 3.70. The monoisotopic (exact) mass is 202 g/mol. The minimum Gasteiger partial charge on any atom is -0.492 e. The van der Waals surface area contributed by atoms with Gasteiger partial charge in [-0.3, -0.25) is 0 Å². The standard InChI is InChI=1S/C12H14N2O/c1-2-14-11-6-10-5-9(7-13)3-4-12(10)15-8-11/h3-5,11,14H,2,6,8H2,1H3/t11-/m0/s1. The van der Waals surface area contributed by atoms with Crippen LogP contribution in [0.5, 0.6) is 5.75 Å². The van der Waals surface area contributed by atoms with Crippen molar-refractivity contribution in [1.82, 2.24) is 5.32 Å². The normalized spacial score (nSPS) is 18.8. The van der Waals surface area contributed by atoms with Crippen LogP contribution in [-0.4, -0.2) is 19.2 Å². The quantitative estimate of drug-likeness (QED) is 0.790. The maximum atomic E-state index is 8.80. The number of benzene rings is 1. The summed E-state index contributed by atoms with van der Waals surface area (Å²) in [5.41, 5.74) is 1.83. The summed E-state index contributed by atoms with van der Waals surface area (Å²) in [6.07, 6.45) is 0.943. The van der Waals surface area contributed by atoms with Gasteiger partial charge in [0, 0.05) is 6.04 Å². The lowest BCUT2D eigenvalue weighted by atomic mass is 10.0. The second-order valence-corrected chi connectivity index (χ2v) is 3.70. The van der Waals surface area contributed by atoms with Gasteiger partial charge in [0.15, 0.2) is 0 Å². The Morgan fingerprint density at radius 2 is 2.47 bits per heavy atom. The van der Waals surface area contributed by atoms with Crippen LogP contribution in [0.3, 0.4) is 0 Å². The molecule has 1 atom stereocenters. The zero-order valence-electron chi connectivity index (χ0n) is 8.79. The van der Waals surface area contributed by atoms with Crippen LogP contribution in [0.2, 0.25) is 0 Å². The molecule has 0 unspecified atom stereocenters. The Hall–Kier alpha value is -1.53. The Balaban J connectivity index is 2.20. The molecule has 0 aromatic heterocycles. The van der Waals surface area contributed by atoms with Crippen molar-refractivity contribution in [3.8, 4) is 11.8 Å². The lowest BCUT2D eigenvalue weighted by Gasteiger charge is -2.25. The number of nitrogens with zero attached hydrogens (tertiary/aromatic N) is 1. The van der Waals surface area contributed by atoms with Gasteiger partial charge in [-0.1, -0.05) is 6.92 Å². The van der Waals surface area contributed by atoms with Gasteiger partial charge in [-0.25, -0.2) is 0 Å². The fourth-order valence-electron chi connectivity index (χ4n) is 1.88. The largest absolute Gasteiger partial charge is 0.492 e. The van der Waals surface area contributed by atoms with E-state index in [1.807, 2.05) is 12.1 Å². The van der Waals surface area contributed by atoms with Crippen molar-refractivity contribution < 1.29 is 4.74 Å². The molecule has 78 valence electrons. The van der Waals surface area contributed by atoms with Crippen molar-refractivity contribution in [2.24, 2.45) is 0 Å². The Morgan fingerprint density at radius 3 is 3.20 bits per heavy atom. The van der Waals surface area contributed by atoms with E-state index in [1.54, 1.807) is 6.07 Å². The van der Waals surface area contributed by atoms with E-state index in [0.29, 0.717) is 18.2 Å². The van der Waals surface area contributed by atoms with Gasteiger partial charge in [0.1, 0.15) is 12.4 Å². The molecule has 0 saturated carbocycles. The van der Waals surface area contributed by atoms with E-state index in [2.05, 4.69) is 18.3 Å². The van der Waals surface area contributed by atoms with Crippen molar-refractivity contribution in [3.05, 3.63) is 29.3 Å². The highest BCUT2D eigenvalue weighted by Crippen LogP contribution is 2.25. The van der Waals surface area contributed by atoms with Gasteiger partial charge < -0.3 is 10.1 Å². The molecule has 0 radical (unpaired) electrons. The van der Waals surface area contributed by atoms with Gasteiger partial charge in [-0.05, 0) is 36.7 Å². The van der Waals surface area contributed by atoms with Crippen LogP contribution in [0.4, 0.5) is 0 Å². The number of rotatable bonds is 2. The minimum absolute atomic E-state index is 0.372. The molecule has 0 aliphatic carbocycles. The highest BCUT2D eigenvalue weighted by molar-refractivity contribution is 5.43. The molecule has 3 heteroatoms. The zero-order valence-corrected chi connectivity index (χ0v) is 8.79. The van der Waals surface area contributed by atoms with E-state index in [-0.39, 0.29) is 0 Å². The molecular weight excluding hydrogens is 188 g/mol. The third-order valence-electron chi connectivity index (χ3n) is 2.59. The summed E-state index contributed by atoms with van der Waals surface area (Å²) in [6, 6.07) is 8.12. The van der Waals surface area contributed by atoms with Crippen LogP contribution >= 0.6 is 0 Å². The molecule has 0 amide bonds. The molecule has 2 rings (SSSR count). The molecule has 1 N–H and O–H groups in total. The molecular formula is C12H14N2O. The van der Waals surface area contributed by atoms with E-state index in [1.165, 1.54) is 0 Å². The second kappa shape index (κ2) is 4.33. The lowest BCUT2D eigenvalue weighted by molar-refractivity contribution is 0.241. The number of likely N-dealkylation sites (N-methyl/N-ethyl adjacent to an activating group) is 1. The summed E-state index contributed by atoms with van der Waals surface area (Å²) in [4.78, 5) is 0. The third-order valence-corrected chi connectivity index (χ3v) is 2.59. The van der Waals surface area contributed by atoms with Crippen LogP contribution < -0.4 is 10.1 Å². The van der Waals surface area contributed by atoms with Gasteiger partial charge in [-0.15, -0.1) is 0 Å². The van der Waals surface area contributed by atoms with Crippen molar-refractivity contribution in [3.63, 3.8) is 0 Å². The molecule has 0 saturated heterocycles. The fraction of sp³-hybridized carbons (Fsp3) is 0.417. The molecule has 0 fully saturated rings. The SMILES string of the molecule is CCN[C@@H]1COc2ccc(C#N)cc2C1. The van der Waals surface area contributed by atoms with E-state index in [9.17, 15) is 0 Å². The first kappa shape index (κ1) is 10.0. The molecule has 0 bridgehead atoms. The van der Waals surface area contributed by atoms with Gasteiger partial charge in [0.05, 0.1) is 11.6 Å². The first-order valence-corrected chi connectivity index (χ1v) is 5.22. The predicted octanol–water partition coefficient (Wildman–Crippen LogP) is 1.47. The number of hydrogen-bond donors (Lipinski definition) is 1. The number of nitriles is 1. The fourth-order valence-corrected chi connectivity index (χ4v) is 1.88. The molecule has 1 aromatic rings. The summed E-state index contributed by atoms with van der Waals surface area (Å²) in [6.45, 7) is 3.75. The Labute approximate surface area is 89.7 Å². The summed E-state index contributed by atoms with van der Waals surface area (Å²) >= 11 is 0. The van der Waals surface area contributed by atoms with Gasteiger partial charge in [0.2, 0.25) is 0 Å². The van der Waals surface area contributed by atoms with E-state index < -0.39 is 0 Å². The van der Waals surface area contributed by atoms with Crippen LogP contribution in [0.15, 0.2) is 18.2 Å². The van der Waals surface area contributed by atoms with E-state index in [0.717, 1.165) is 24.3 Å². The minimum atomic E-state index is 0.372. The van der Waals surface area contributed by atoms with Crippen LogP contribution in [0.1, 0.15) is 18.1 Å². The zero-order chi connectivity index (χ0) is 10.7. The van der Waals surface area contributed by atoms with Gasteiger partial charge in [0.25, 0.3) is 0 Å². The number of nitrogens with one attached hydrogen (secondary N) is 1. The first-order chi connectivity index (χ1) is 7.33. The molecule has 1 aliphatic heterocycles. The molecule has 0 spiro atoms. The Bertz CT molecular complexity index is 395. The average Bonchev–Trinajstić information content (AvgIpc) is 2.28. The summed E-state index contributed by atoms with van der Waals surface area (Å²) in [5, 5.41) is 12.2. The lowest BCUT2D eigenvalue weighted by Crippen LogP contribution is -2.39. The number of hydrogen-bond acceptors (Lipinski definition) is 3. The Morgan fingerprint density at radius 1 is 1.60 bits per heavy atom. The highest BCUT2D eigenvalue weighted by atomic mass is 16.5. The van der Waals surface area contributed by atoms with Crippen molar-refractivity contribution in [1.29, 1.82) is 5.26 Å². The summed E-state index contributed by atoms with van der Waals surface area (Å²) in [7, 11) is 0. The van der Waals surface area contributed by atoms with Crippen molar-refractivity contribution in [2.45, 2.75) is 19.4 Å². The van der Waals surface area contributed by atoms with E-state index in [4.69, 9.17) is 10.00 Å². The van der Waals surface area contributed by atoms with Crippen molar-refractivity contribution in [2.75, 3.05) is 13.2 Å². The molecule has 1 aromatic carbocycles. The molecule has 15 heavy (non-hydrogen) atoms. The van der Waals surface area contributed by atoms with Gasteiger partial charge >= 0.3 is 0 Å². The molecule has 1 heterocycles. The summed E-state index contributed by atoms with van der Waals surface area (Å²) < 4.78 is 5.62.